The number of ether oxygens (including phenoxy) is 1. The minimum Gasteiger partial charge on any atom is -0.444 e. The Labute approximate surface area is 121 Å². The number of piperazine rings is 1. The molecule has 0 saturated carbocycles. The van der Waals surface area contributed by atoms with Gasteiger partial charge in [0.15, 0.2) is 0 Å². The van der Waals surface area contributed by atoms with E-state index >= 15 is 0 Å². The maximum Gasteiger partial charge on any atom is 0.410 e. The molecule has 0 radical (unpaired) electrons. The molecule has 0 aliphatic carbocycles. The van der Waals surface area contributed by atoms with E-state index in [0.717, 1.165) is 19.5 Å². The minimum absolute atomic E-state index is 0.00851. The fraction of sp³-hybridized carbons (Fsp3) is 0.857. The molecule has 2 amide bonds. The molecule has 1 heterocycles. The third-order valence-corrected chi connectivity index (χ3v) is 2.94. The number of hydrogen-bond acceptors (Lipinski definition) is 4. The molecule has 1 rings (SSSR count). The molecule has 6 nitrogen and oxygen atoms in total. The van der Waals surface area contributed by atoms with Crippen molar-refractivity contribution in [3.8, 4) is 0 Å². The molecule has 0 atom stereocenters. The van der Waals surface area contributed by atoms with Gasteiger partial charge in [-0.1, -0.05) is 6.92 Å². The number of rotatable bonds is 4. The third kappa shape index (κ3) is 5.77. The lowest BCUT2D eigenvalue weighted by atomic mass is 10.2. The lowest BCUT2D eigenvalue weighted by Gasteiger charge is -2.31. The van der Waals surface area contributed by atoms with Gasteiger partial charge in [-0.15, -0.1) is 0 Å². The molecule has 6 heteroatoms. The Balaban J connectivity index is 2.56. The van der Waals surface area contributed by atoms with Gasteiger partial charge in [0.2, 0.25) is 5.91 Å². The van der Waals surface area contributed by atoms with Crippen molar-refractivity contribution in [2.75, 3.05) is 39.3 Å². The first-order chi connectivity index (χ1) is 9.33. The Bertz CT molecular complexity index is 333. The summed E-state index contributed by atoms with van der Waals surface area (Å²) in [7, 11) is 0. The molecule has 1 N–H and O–H groups in total. The van der Waals surface area contributed by atoms with Gasteiger partial charge in [-0.25, -0.2) is 4.79 Å². The van der Waals surface area contributed by atoms with Gasteiger partial charge in [0.1, 0.15) is 12.1 Å². The van der Waals surface area contributed by atoms with Crippen molar-refractivity contribution in [3.05, 3.63) is 0 Å². The summed E-state index contributed by atoms with van der Waals surface area (Å²) in [6.07, 6.45) is 0.386. The summed E-state index contributed by atoms with van der Waals surface area (Å²) >= 11 is 0. The van der Waals surface area contributed by atoms with Crippen LogP contribution >= 0.6 is 0 Å². The number of nitrogens with one attached hydrogen (secondary N) is 1. The predicted molar refractivity (Wildman–Crippen MR) is 77.5 cm³/mol. The van der Waals surface area contributed by atoms with Crippen LogP contribution in [0, 0.1) is 0 Å². The number of hydrogen-bond donors (Lipinski definition) is 1. The average Bonchev–Trinajstić information content (AvgIpc) is 2.37. The van der Waals surface area contributed by atoms with Gasteiger partial charge in [-0.3, -0.25) is 9.69 Å². The second-order valence-corrected chi connectivity index (χ2v) is 6.03. The molecular weight excluding hydrogens is 258 g/mol. The highest BCUT2D eigenvalue weighted by Gasteiger charge is 2.25. The van der Waals surface area contributed by atoms with Gasteiger partial charge in [0, 0.05) is 32.7 Å². The van der Waals surface area contributed by atoms with Crippen molar-refractivity contribution >= 4 is 12.0 Å². The molecule has 0 spiro atoms. The Morgan fingerprint density at radius 2 is 1.85 bits per heavy atom. The van der Waals surface area contributed by atoms with Crippen molar-refractivity contribution in [1.82, 2.24) is 15.1 Å². The molecule has 0 bridgehead atoms. The molecule has 1 saturated heterocycles. The van der Waals surface area contributed by atoms with Gasteiger partial charge >= 0.3 is 6.09 Å². The van der Waals surface area contributed by atoms with Crippen LogP contribution < -0.4 is 5.32 Å². The van der Waals surface area contributed by atoms with Crippen LogP contribution in [0.4, 0.5) is 4.79 Å². The van der Waals surface area contributed by atoms with Crippen LogP contribution in [0.25, 0.3) is 0 Å². The van der Waals surface area contributed by atoms with E-state index in [1.807, 2.05) is 27.7 Å². The highest BCUT2D eigenvalue weighted by molar-refractivity contribution is 5.82. The standard InChI is InChI=1S/C14H27N3O3/c1-5-8-17(13(19)20-14(2,3)4)11-12(18)16-9-6-15-7-10-16/h15H,5-11H2,1-4H3. The van der Waals surface area contributed by atoms with E-state index in [1.165, 1.54) is 4.90 Å². The molecule has 116 valence electrons. The quantitative estimate of drug-likeness (QED) is 0.839. The van der Waals surface area contributed by atoms with Crippen LogP contribution in [-0.2, 0) is 9.53 Å². The monoisotopic (exact) mass is 285 g/mol. The lowest BCUT2D eigenvalue weighted by molar-refractivity contribution is -0.133. The molecular formula is C14H27N3O3. The normalized spacial score (nSPS) is 15.9. The highest BCUT2D eigenvalue weighted by Crippen LogP contribution is 2.10. The van der Waals surface area contributed by atoms with E-state index in [-0.39, 0.29) is 12.5 Å². The largest absolute Gasteiger partial charge is 0.444 e. The van der Waals surface area contributed by atoms with Crippen LogP contribution in [0.2, 0.25) is 0 Å². The van der Waals surface area contributed by atoms with Gasteiger partial charge < -0.3 is 15.0 Å². The highest BCUT2D eigenvalue weighted by atomic mass is 16.6. The van der Waals surface area contributed by atoms with Gasteiger partial charge in [0.25, 0.3) is 0 Å². The van der Waals surface area contributed by atoms with Crippen molar-refractivity contribution in [2.45, 2.75) is 39.7 Å². The molecule has 0 aromatic heterocycles. The topological polar surface area (TPSA) is 61.9 Å². The molecule has 1 aliphatic rings. The fourth-order valence-corrected chi connectivity index (χ4v) is 2.01. The molecule has 0 aromatic rings. The van der Waals surface area contributed by atoms with E-state index in [2.05, 4.69) is 5.32 Å². The Morgan fingerprint density at radius 3 is 2.35 bits per heavy atom. The smallest absolute Gasteiger partial charge is 0.410 e. The summed E-state index contributed by atoms with van der Waals surface area (Å²) in [5, 5.41) is 3.20. The molecule has 1 aliphatic heterocycles. The van der Waals surface area contributed by atoms with Crippen molar-refractivity contribution in [2.24, 2.45) is 0 Å². The van der Waals surface area contributed by atoms with Gasteiger partial charge in [0.05, 0.1) is 0 Å². The summed E-state index contributed by atoms with van der Waals surface area (Å²) in [5.74, 6) is -0.00851. The third-order valence-electron chi connectivity index (χ3n) is 2.94. The summed E-state index contributed by atoms with van der Waals surface area (Å²) in [6.45, 7) is 11.1. The SMILES string of the molecule is CCCN(CC(=O)N1CCNCC1)C(=O)OC(C)(C)C. The first-order valence-corrected chi connectivity index (χ1v) is 7.30. The van der Waals surface area contributed by atoms with Crippen molar-refractivity contribution in [3.63, 3.8) is 0 Å². The maximum atomic E-state index is 12.2. The van der Waals surface area contributed by atoms with Crippen LogP contribution in [0.1, 0.15) is 34.1 Å². The average molecular weight is 285 g/mol. The zero-order chi connectivity index (χ0) is 15.2. The fourth-order valence-electron chi connectivity index (χ4n) is 2.01. The van der Waals surface area contributed by atoms with E-state index < -0.39 is 11.7 Å². The maximum absolute atomic E-state index is 12.2. The number of amides is 2. The Kier molecular flexibility index (Phi) is 6.26. The first kappa shape index (κ1) is 16.8. The van der Waals surface area contributed by atoms with Gasteiger partial charge in [-0.05, 0) is 27.2 Å². The molecule has 0 unspecified atom stereocenters. The first-order valence-electron chi connectivity index (χ1n) is 7.30. The predicted octanol–water partition coefficient (Wildman–Crippen LogP) is 1.07. The summed E-state index contributed by atoms with van der Waals surface area (Å²) < 4.78 is 5.34. The van der Waals surface area contributed by atoms with Crippen molar-refractivity contribution in [1.29, 1.82) is 0 Å². The van der Waals surface area contributed by atoms with Crippen molar-refractivity contribution < 1.29 is 14.3 Å². The van der Waals surface area contributed by atoms with Crippen LogP contribution in [0.15, 0.2) is 0 Å². The zero-order valence-corrected chi connectivity index (χ0v) is 13.1. The van der Waals surface area contributed by atoms with E-state index in [1.54, 1.807) is 4.90 Å². The number of carbonyl (C=O) groups excluding carboxylic acids is 2. The summed E-state index contributed by atoms with van der Waals surface area (Å²) in [4.78, 5) is 27.6. The van der Waals surface area contributed by atoms with E-state index in [0.29, 0.717) is 19.6 Å². The minimum atomic E-state index is -0.541. The van der Waals surface area contributed by atoms with Crippen LogP contribution in [0.3, 0.4) is 0 Å². The van der Waals surface area contributed by atoms with Gasteiger partial charge in [-0.2, -0.15) is 0 Å². The summed E-state index contributed by atoms with van der Waals surface area (Å²) in [6, 6.07) is 0. The van der Waals surface area contributed by atoms with Crippen LogP contribution in [-0.4, -0.2) is 66.7 Å². The number of nitrogens with zero attached hydrogens (tertiary/aromatic N) is 2. The number of carbonyl (C=O) groups is 2. The molecule has 0 aromatic carbocycles. The summed E-state index contributed by atoms with van der Waals surface area (Å²) in [5.41, 5.74) is -0.541. The lowest BCUT2D eigenvalue weighted by Crippen LogP contribution is -2.51. The second kappa shape index (κ2) is 7.47. The second-order valence-electron chi connectivity index (χ2n) is 6.03. The molecule has 20 heavy (non-hydrogen) atoms. The Hall–Kier alpha value is -1.30. The van der Waals surface area contributed by atoms with E-state index in [9.17, 15) is 9.59 Å². The Morgan fingerprint density at radius 1 is 1.25 bits per heavy atom. The van der Waals surface area contributed by atoms with Crippen LogP contribution in [0.5, 0.6) is 0 Å². The molecule has 1 fully saturated rings. The van der Waals surface area contributed by atoms with E-state index in [4.69, 9.17) is 4.74 Å². The zero-order valence-electron chi connectivity index (χ0n) is 13.1.